The lowest BCUT2D eigenvalue weighted by molar-refractivity contribution is -0.140. The molecule has 0 bridgehead atoms. The number of rotatable bonds is 9. The topological polar surface area (TPSA) is 75.6 Å². The maximum Gasteiger partial charge on any atom is 0.305 e. The Morgan fingerprint density at radius 2 is 2.18 bits per heavy atom. The van der Waals surface area contributed by atoms with Gasteiger partial charge in [-0.1, -0.05) is 6.07 Å². The summed E-state index contributed by atoms with van der Waals surface area (Å²) in [5, 5.41) is 6.49. The van der Waals surface area contributed by atoms with Gasteiger partial charge in [-0.25, -0.2) is 0 Å². The van der Waals surface area contributed by atoms with E-state index in [0.717, 1.165) is 44.0 Å². The zero-order valence-electron chi connectivity index (χ0n) is 13.5. The first-order chi connectivity index (χ1) is 10.8. The molecule has 0 atom stereocenters. The van der Waals surface area contributed by atoms with E-state index in [0.29, 0.717) is 13.0 Å². The number of aliphatic imine (C=N–C) groups is 1. The van der Waals surface area contributed by atoms with Crippen molar-refractivity contribution in [3.8, 4) is 0 Å². The maximum atomic E-state index is 11.0. The Morgan fingerprint density at radius 1 is 1.32 bits per heavy atom. The number of guanidine groups is 1. The van der Waals surface area contributed by atoms with Gasteiger partial charge in [0.1, 0.15) is 0 Å². The van der Waals surface area contributed by atoms with Gasteiger partial charge in [0.15, 0.2) is 5.96 Å². The SMILES string of the molecule is CCNC(=NCCCCC(=O)OC)NCCc1ccccn1. The van der Waals surface area contributed by atoms with Crippen LogP contribution in [0.4, 0.5) is 0 Å². The highest BCUT2D eigenvalue weighted by Gasteiger charge is 2.00. The average molecular weight is 306 g/mol. The summed E-state index contributed by atoms with van der Waals surface area (Å²) in [4.78, 5) is 19.8. The van der Waals surface area contributed by atoms with Gasteiger partial charge in [-0.05, 0) is 31.9 Å². The quantitative estimate of drug-likeness (QED) is 0.313. The van der Waals surface area contributed by atoms with E-state index in [1.165, 1.54) is 7.11 Å². The van der Waals surface area contributed by atoms with Crippen LogP contribution in [0.3, 0.4) is 0 Å². The predicted octanol–water partition coefficient (Wildman–Crippen LogP) is 1.52. The van der Waals surface area contributed by atoms with Crippen molar-refractivity contribution in [3.05, 3.63) is 30.1 Å². The number of esters is 1. The highest BCUT2D eigenvalue weighted by Crippen LogP contribution is 1.97. The number of nitrogens with zero attached hydrogens (tertiary/aromatic N) is 2. The Balaban J connectivity index is 2.25. The number of nitrogens with one attached hydrogen (secondary N) is 2. The van der Waals surface area contributed by atoms with Gasteiger partial charge in [-0.2, -0.15) is 0 Å². The van der Waals surface area contributed by atoms with E-state index in [2.05, 4.69) is 25.3 Å². The molecule has 122 valence electrons. The summed E-state index contributed by atoms with van der Waals surface area (Å²) in [7, 11) is 1.41. The highest BCUT2D eigenvalue weighted by atomic mass is 16.5. The first-order valence-electron chi connectivity index (χ1n) is 7.75. The van der Waals surface area contributed by atoms with Gasteiger partial charge in [-0.3, -0.25) is 14.8 Å². The molecule has 0 amide bonds. The van der Waals surface area contributed by atoms with Crippen LogP contribution in [0, 0.1) is 0 Å². The summed E-state index contributed by atoms with van der Waals surface area (Å²) >= 11 is 0. The number of pyridine rings is 1. The van der Waals surface area contributed by atoms with Crippen LogP contribution >= 0.6 is 0 Å². The number of carbonyl (C=O) groups is 1. The van der Waals surface area contributed by atoms with Gasteiger partial charge in [0.25, 0.3) is 0 Å². The number of carbonyl (C=O) groups excluding carboxylic acids is 1. The molecule has 0 radical (unpaired) electrons. The van der Waals surface area contributed by atoms with Crippen molar-refractivity contribution in [2.24, 2.45) is 4.99 Å². The third-order valence-corrected chi connectivity index (χ3v) is 3.03. The van der Waals surface area contributed by atoms with Gasteiger partial charge < -0.3 is 15.4 Å². The van der Waals surface area contributed by atoms with Gasteiger partial charge >= 0.3 is 5.97 Å². The minimum atomic E-state index is -0.163. The maximum absolute atomic E-state index is 11.0. The number of unbranched alkanes of at least 4 members (excludes halogenated alkanes) is 1. The fourth-order valence-corrected chi connectivity index (χ4v) is 1.87. The molecule has 1 heterocycles. The Labute approximate surface area is 132 Å². The Bertz CT molecular complexity index is 449. The van der Waals surface area contributed by atoms with Crippen LogP contribution in [-0.2, 0) is 16.0 Å². The molecule has 6 heteroatoms. The first kappa shape index (κ1) is 17.9. The molecule has 0 spiro atoms. The molecule has 0 aromatic carbocycles. The molecule has 1 aromatic rings. The van der Waals surface area contributed by atoms with Crippen LogP contribution in [-0.4, -0.2) is 43.7 Å². The number of aromatic nitrogens is 1. The summed E-state index contributed by atoms with van der Waals surface area (Å²) < 4.78 is 4.61. The van der Waals surface area contributed by atoms with E-state index in [1.807, 2.05) is 25.1 Å². The first-order valence-corrected chi connectivity index (χ1v) is 7.75. The summed E-state index contributed by atoms with van der Waals surface area (Å²) in [6.07, 6.45) is 4.77. The van der Waals surface area contributed by atoms with Crippen LogP contribution in [0.25, 0.3) is 0 Å². The second-order valence-corrected chi connectivity index (χ2v) is 4.79. The Kier molecular flexibility index (Phi) is 9.41. The molecule has 0 aliphatic heterocycles. The zero-order valence-corrected chi connectivity index (χ0v) is 13.5. The lowest BCUT2D eigenvalue weighted by Crippen LogP contribution is -2.38. The summed E-state index contributed by atoms with van der Waals surface area (Å²) in [6, 6.07) is 5.91. The lowest BCUT2D eigenvalue weighted by Gasteiger charge is -2.11. The van der Waals surface area contributed by atoms with Crippen molar-refractivity contribution in [1.29, 1.82) is 0 Å². The predicted molar refractivity (Wildman–Crippen MR) is 87.8 cm³/mol. The highest BCUT2D eigenvalue weighted by molar-refractivity contribution is 5.79. The molecular formula is C16H26N4O2. The fourth-order valence-electron chi connectivity index (χ4n) is 1.87. The molecule has 0 aliphatic carbocycles. The minimum Gasteiger partial charge on any atom is -0.469 e. The van der Waals surface area contributed by atoms with Crippen molar-refractivity contribution < 1.29 is 9.53 Å². The van der Waals surface area contributed by atoms with Crippen LogP contribution in [0.5, 0.6) is 0 Å². The second-order valence-electron chi connectivity index (χ2n) is 4.79. The second kappa shape index (κ2) is 11.5. The van der Waals surface area contributed by atoms with Crippen LogP contribution < -0.4 is 10.6 Å². The van der Waals surface area contributed by atoms with Crippen molar-refractivity contribution >= 4 is 11.9 Å². The molecule has 1 rings (SSSR count). The van der Waals surface area contributed by atoms with Gasteiger partial charge in [0.2, 0.25) is 0 Å². The number of methoxy groups -OCH3 is 1. The third kappa shape index (κ3) is 8.24. The average Bonchev–Trinajstić information content (AvgIpc) is 2.55. The van der Waals surface area contributed by atoms with Crippen LogP contribution in [0.2, 0.25) is 0 Å². The molecule has 0 unspecified atom stereocenters. The van der Waals surface area contributed by atoms with Crippen LogP contribution in [0.15, 0.2) is 29.4 Å². The van der Waals surface area contributed by atoms with E-state index in [9.17, 15) is 4.79 Å². The third-order valence-electron chi connectivity index (χ3n) is 3.03. The lowest BCUT2D eigenvalue weighted by atomic mass is 10.2. The van der Waals surface area contributed by atoms with Gasteiger partial charge in [-0.15, -0.1) is 0 Å². The van der Waals surface area contributed by atoms with Crippen molar-refractivity contribution in [3.63, 3.8) is 0 Å². The summed E-state index contributed by atoms with van der Waals surface area (Å²) in [5.74, 6) is 0.640. The number of hydrogen-bond donors (Lipinski definition) is 2. The summed E-state index contributed by atoms with van der Waals surface area (Å²) in [6.45, 7) is 4.33. The van der Waals surface area contributed by atoms with Gasteiger partial charge in [0.05, 0.1) is 7.11 Å². The fraction of sp³-hybridized carbons (Fsp3) is 0.562. The van der Waals surface area contributed by atoms with E-state index in [4.69, 9.17) is 0 Å². The van der Waals surface area contributed by atoms with Crippen molar-refractivity contribution in [2.75, 3.05) is 26.7 Å². The molecule has 0 aliphatic rings. The Hall–Kier alpha value is -2.11. The summed E-state index contributed by atoms with van der Waals surface area (Å²) in [5.41, 5.74) is 1.06. The van der Waals surface area contributed by atoms with Crippen molar-refractivity contribution in [2.45, 2.75) is 32.6 Å². The molecule has 0 saturated carbocycles. The van der Waals surface area contributed by atoms with Crippen LogP contribution in [0.1, 0.15) is 31.9 Å². The monoisotopic (exact) mass is 306 g/mol. The number of hydrogen-bond acceptors (Lipinski definition) is 4. The normalized spacial score (nSPS) is 11.1. The van der Waals surface area contributed by atoms with E-state index in [-0.39, 0.29) is 5.97 Å². The smallest absolute Gasteiger partial charge is 0.305 e. The standard InChI is InChI=1S/C16H26N4O2/c1-3-17-16(19-12-7-5-9-15(21)22-2)20-13-10-14-8-4-6-11-18-14/h4,6,8,11H,3,5,7,9-10,12-13H2,1-2H3,(H2,17,19,20). The largest absolute Gasteiger partial charge is 0.469 e. The Morgan fingerprint density at radius 3 is 2.86 bits per heavy atom. The van der Waals surface area contributed by atoms with E-state index in [1.54, 1.807) is 6.20 Å². The minimum absolute atomic E-state index is 0.163. The van der Waals surface area contributed by atoms with Crippen molar-refractivity contribution in [1.82, 2.24) is 15.6 Å². The van der Waals surface area contributed by atoms with E-state index < -0.39 is 0 Å². The molecule has 0 fully saturated rings. The molecular weight excluding hydrogens is 280 g/mol. The molecule has 1 aromatic heterocycles. The molecule has 2 N–H and O–H groups in total. The van der Waals surface area contributed by atoms with Gasteiger partial charge in [0, 0.05) is 44.4 Å². The number of ether oxygens (including phenoxy) is 1. The van der Waals surface area contributed by atoms with E-state index >= 15 is 0 Å². The molecule has 6 nitrogen and oxygen atoms in total. The zero-order chi connectivity index (χ0) is 16.0. The molecule has 0 saturated heterocycles. The molecule has 22 heavy (non-hydrogen) atoms.